The van der Waals surface area contributed by atoms with Crippen molar-refractivity contribution in [2.75, 3.05) is 12.5 Å². The molecule has 112 valence electrons. The third-order valence-corrected chi connectivity index (χ3v) is 4.71. The maximum atomic E-state index is 13.1. The number of rotatable bonds is 4. The van der Waals surface area contributed by atoms with Crippen LogP contribution in [0.5, 0.6) is 0 Å². The van der Waals surface area contributed by atoms with Gasteiger partial charge >= 0.3 is 0 Å². The topological polar surface area (TPSA) is 17.8 Å². The summed E-state index contributed by atoms with van der Waals surface area (Å²) in [5.74, 6) is -0.244. The van der Waals surface area contributed by atoms with Gasteiger partial charge in [0, 0.05) is 10.5 Å². The fourth-order valence-electron chi connectivity index (χ4n) is 2.21. The van der Waals surface area contributed by atoms with E-state index in [1.807, 2.05) is 10.9 Å². The predicted octanol–water partition coefficient (Wildman–Crippen LogP) is 5.12. The first kappa shape index (κ1) is 15.2. The second-order valence-corrected chi connectivity index (χ2v) is 6.39. The Morgan fingerprint density at radius 2 is 1.59 bits per heavy atom. The summed E-state index contributed by atoms with van der Waals surface area (Å²) < 4.78 is 15.0. The van der Waals surface area contributed by atoms with Crippen LogP contribution in [-0.4, -0.2) is 22.3 Å². The molecule has 2 nitrogen and oxygen atoms in total. The Morgan fingerprint density at radius 3 is 2.18 bits per heavy atom. The summed E-state index contributed by atoms with van der Waals surface area (Å²) in [6, 6.07) is 16.8. The van der Waals surface area contributed by atoms with Gasteiger partial charge in [0.25, 0.3) is 0 Å². The highest BCUT2D eigenvalue weighted by molar-refractivity contribution is 7.98. The molecule has 0 aliphatic rings. The zero-order valence-electron chi connectivity index (χ0n) is 12.3. The molecule has 0 N–H and O–H groups in total. The number of aromatic nitrogens is 2. The quantitative estimate of drug-likeness (QED) is 0.618. The average molecular weight is 330 g/mol. The first-order valence-corrected chi connectivity index (χ1v) is 9.20. The molecule has 2 aromatic carbocycles. The first-order valence-electron chi connectivity index (χ1n) is 6.75. The molecule has 0 aliphatic carbocycles. The first-order chi connectivity index (χ1) is 10.7. The molecule has 0 spiro atoms. The minimum Gasteiger partial charge on any atom is -0.232 e. The van der Waals surface area contributed by atoms with Crippen molar-refractivity contribution >= 4 is 23.5 Å². The van der Waals surface area contributed by atoms with Crippen LogP contribution < -0.4 is 0 Å². The molecule has 0 saturated heterocycles. The highest BCUT2D eigenvalue weighted by atomic mass is 32.2. The smallest absolute Gasteiger partial charge is 0.123 e. The fourth-order valence-corrected chi connectivity index (χ4v) is 3.01. The summed E-state index contributed by atoms with van der Waals surface area (Å²) in [4.78, 5) is 1.22. The van der Waals surface area contributed by atoms with Crippen LogP contribution in [0.2, 0.25) is 0 Å². The lowest BCUT2D eigenvalue weighted by Crippen LogP contribution is -1.99. The summed E-state index contributed by atoms with van der Waals surface area (Å²) in [6.07, 6.45) is 4.06. The summed E-state index contributed by atoms with van der Waals surface area (Å²) >= 11 is 3.31. The molecule has 0 bridgehead atoms. The van der Waals surface area contributed by atoms with Gasteiger partial charge in [-0.3, -0.25) is 0 Å². The van der Waals surface area contributed by atoms with E-state index in [2.05, 4.69) is 41.7 Å². The Morgan fingerprint density at radius 1 is 0.909 bits per heavy atom. The molecular formula is C17H15FN2S2. The Balaban J connectivity index is 2.09. The van der Waals surface area contributed by atoms with E-state index in [4.69, 9.17) is 0 Å². The number of benzene rings is 2. The van der Waals surface area contributed by atoms with Gasteiger partial charge in [0.1, 0.15) is 10.8 Å². The molecule has 0 fully saturated rings. The molecule has 0 unspecified atom stereocenters. The second kappa shape index (κ2) is 6.58. The molecule has 5 heteroatoms. The normalized spacial score (nSPS) is 10.9. The Bertz CT molecular complexity index is 764. The van der Waals surface area contributed by atoms with Gasteiger partial charge in [-0.05, 0) is 55.0 Å². The molecule has 0 radical (unpaired) electrons. The molecular weight excluding hydrogens is 315 g/mol. The van der Waals surface area contributed by atoms with Crippen LogP contribution in [-0.2, 0) is 0 Å². The molecule has 22 heavy (non-hydrogen) atoms. The summed E-state index contributed by atoms with van der Waals surface area (Å²) in [7, 11) is 0. The van der Waals surface area contributed by atoms with Crippen molar-refractivity contribution < 1.29 is 4.39 Å². The van der Waals surface area contributed by atoms with E-state index >= 15 is 0 Å². The van der Waals surface area contributed by atoms with Gasteiger partial charge in [-0.1, -0.05) is 12.1 Å². The van der Waals surface area contributed by atoms with Crippen LogP contribution >= 0.6 is 23.5 Å². The predicted molar refractivity (Wildman–Crippen MR) is 92.5 cm³/mol. The maximum absolute atomic E-state index is 13.1. The van der Waals surface area contributed by atoms with Gasteiger partial charge in [0.05, 0.1) is 11.4 Å². The Hall–Kier alpha value is -1.72. The monoisotopic (exact) mass is 330 g/mol. The minimum atomic E-state index is -0.244. The molecule has 3 rings (SSSR count). The van der Waals surface area contributed by atoms with Crippen LogP contribution in [0.1, 0.15) is 0 Å². The van der Waals surface area contributed by atoms with Crippen LogP contribution in [0.25, 0.3) is 16.9 Å². The van der Waals surface area contributed by atoms with Gasteiger partial charge < -0.3 is 0 Å². The van der Waals surface area contributed by atoms with Crippen molar-refractivity contribution in [1.29, 1.82) is 0 Å². The van der Waals surface area contributed by atoms with Crippen molar-refractivity contribution in [2.45, 2.75) is 9.92 Å². The van der Waals surface area contributed by atoms with Gasteiger partial charge in [-0.15, -0.1) is 23.5 Å². The highest BCUT2D eigenvalue weighted by Gasteiger charge is 2.11. The van der Waals surface area contributed by atoms with E-state index in [1.54, 1.807) is 35.7 Å². The van der Waals surface area contributed by atoms with Crippen LogP contribution in [0.4, 0.5) is 4.39 Å². The van der Waals surface area contributed by atoms with E-state index in [0.29, 0.717) is 0 Å². The zero-order valence-corrected chi connectivity index (χ0v) is 13.9. The molecule has 0 aliphatic heterocycles. The highest BCUT2D eigenvalue weighted by Crippen LogP contribution is 2.28. The average Bonchev–Trinajstić information content (AvgIpc) is 3.00. The van der Waals surface area contributed by atoms with Crippen LogP contribution in [0.15, 0.2) is 64.5 Å². The molecule has 0 amide bonds. The Kier molecular flexibility index (Phi) is 4.55. The summed E-state index contributed by atoms with van der Waals surface area (Å²) in [6.45, 7) is 0. The third-order valence-electron chi connectivity index (χ3n) is 3.35. The lowest BCUT2D eigenvalue weighted by molar-refractivity contribution is 0.627. The van der Waals surface area contributed by atoms with E-state index in [1.165, 1.54) is 17.0 Å². The number of nitrogens with zero attached hydrogens (tertiary/aromatic N) is 2. The Labute approximate surface area is 137 Å². The molecule has 0 saturated carbocycles. The maximum Gasteiger partial charge on any atom is 0.123 e. The van der Waals surface area contributed by atoms with E-state index in [9.17, 15) is 4.39 Å². The number of hydrogen-bond donors (Lipinski definition) is 0. The van der Waals surface area contributed by atoms with Crippen molar-refractivity contribution in [3.05, 3.63) is 60.4 Å². The van der Waals surface area contributed by atoms with E-state index in [-0.39, 0.29) is 5.82 Å². The molecule has 1 heterocycles. The fraction of sp³-hybridized carbons (Fsp3) is 0.118. The largest absolute Gasteiger partial charge is 0.232 e. The number of halogens is 1. The second-order valence-electron chi connectivity index (χ2n) is 4.69. The summed E-state index contributed by atoms with van der Waals surface area (Å²) in [5.41, 5.74) is 2.95. The number of thioether (sulfide) groups is 2. The molecule has 1 aromatic heterocycles. The van der Waals surface area contributed by atoms with E-state index < -0.39 is 0 Å². The molecule has 0 atom stereocenters. The van der Waals surface area contributed by atoms with Crippen molar-refractivity contribution in [3.8, 4) is 16.9 Å². The standard InChI is InChI=1S/C17H15FN2S2/c1-21-15-9-3-12(4-10-15)16-11-17(22-2)19-20(16)14-7-5-13(18)6-8-14/h3-11H,1-2H3. The van der Waals surface area contributed by atoms with Crippen LogP contribution in [0, 0.1) is 5.82 Å². The number of hydrogen-bond acceptors (Lipinski definition) is 3. The van der Waals surface area contributed by atoms with Crippen LogP contribution in [0.3, 0.4) is 0 Å². The SMILES string of the molecule is CSc1ccc(-c2cc(SC)nn2-c2ccc(F)cc2)cc1. The van der Waals surface area contributed by atoms with E-state index in [0.717, 1.165) is 22.0 Å². The van der Waals surface area contributed by atoms with Gasteiger partial charge in [0.2, 0.25) is 0 Å². The van der Waals surface area contributed by atoms with Gasteiger partial charge in [-0.25, -0.2) is 9.07 Å². The lowest BCUT2D eigenvalue weighted by Gasteiger charge is -2.08. The van der Waals surface area contributed by atoms with Crippen molar-refractivity contribution in [1.82, 2.24) is 9.78 Å². The lowest BCUT2D eigenvalue weighted by atomic mass is 10.1. The zero-order chi connectivity index (χ0) is 15.5. The third kappa shape index (κ3) is 3.05. The van der Waals surface area contributed by atoms with Crippen molar-refractivity contribution in [2.24, 2.45) is 0 Å². The molecule has 3 aromatic rings. The van der Waals surface area contributed by atoms with Gasteiger partial charge in [0.15, 0.2) is 0 Å². The minimum absolute atomic E-state index is 0.244. The van der Waals surface area contributed by atoms with Gasteiger partial charge in [-0.2, -0.15) is 5.10 Å². The summed E-state index contributed by atoms with van der Waals surface area (Å²) in [5, 5.41) is 5.54. The van der Waals surface area contributed by atoms with Crippen molar-refractivity contribution in [3.63, 3.8) is 0 Å².